The van der Waals surface area contributed by atoms with Gasteiger partial charge in [0.15, 0.2) is 0 Å². The Hall–Kier alpha value is -0.500. The number of phenolic OH excluding ortho intramolecular Hbond substituents is 1. The van der Waals surface area contributed by atoms with E-state index >= 15 is 0 Å². The molecular weight excluding hydrogens is 216 g/mol. The third-order valence-corrected chi connectivity index (χ3v) is 2.51. The molecule has 1 aromatic carbocycles. The summed E-state index contributed by atoms with van der Waals surface area (Å²) in [5, 5.41) is 10.5. The summed E-state index contributed by atoms with van der Waals surface area (Å²) in [6.07, 6.45) is 2.02. The third-order valence-electron chi connectivity index (χ3n) is 1.95. The van der Waals surface area contributed by atoms with Crippen LogP contribution in [0.4, 0.5) is 0 Å². The first-order valence-electron chi connectivity index (χ1n) is 4.09. The van der Waals surface area contributed by atoms with E-state index in [-0.39, 0.29) is 0 Å². The van der Waals surface area contributed by atoms with Gasteiger partial charge in [0.2, 0.25) is 0 Å². The zero-order valence-corrected chi connectivity index (χ0v) is 8.76. The van der Waals surface area contributed by atoms with Gasteiger partial charge >= 0.3 is 0 Å². The molecular formula is C10H13BrO. The Bertz CT molecular complexity index is 238. The van der Waals surface area contributed by atoms with Crippen LogP contribution in [0.5, 0.6) is 5.75 Å². The van der Waals surface area contributed by atoms with E-state index in [0.717, 1.165) is 23.7 Å². The van der Waals surface area contributed by atoms with Gasteiger partial charge in [0, 0.05) is 5.33 Å². The van der Waals surface area contributed by atoms with Crippen molar-refractivity contribution in [2.45, 2.75) is 19.8 Å². The molecule has 0 aliphatic rings. The predicted molar refractivity (Wildman–Crippen MR) is 55.0 cm³/mol. The molecule has 0 radical (unpaired) electrons. The molecule has 0 spiro atoms. The smallest absolute Gasteiger partial charge is 0.119 e. The van der Waals surface area contributed by atoms with Crippen LogP contribution in [0.1, 0.15) is 17.5 Å². The van der Waals surface area contributed by atoms with Crippen molar-refractivity contribution >= 4 is 15.9 Å². The molecule has 0 atom stereocenters. The third kappa shape index (κ3) is 2.24. The standard InChI is InChI=1S/C10H13BrO/c1-8-4-2-6-10(12)9(8)5-3-7-11/h2,4,6,12H,3,5,7H2,1H3. The molecule has 1 N–H and O–H groups in total. The van der Waals surface area contributed by atoms with E-state index in [2.05, 4.69) is 15.9 Å². The number of aromatic hydroxyl groups is 1. The van der Waals surface area contributed by atoms with Crippen molar-refractivity contribution in [3.8, 4) is 5.75 Å². The van der Waals surface area contributed by atoms with Crippen LogP contribution in [0.2, 0.25) is 0 Å². The highest BCUT2D eigenvalue weighted by molar-refractivity contribution is 9.09. The number of halogens is 1. The normalized spacial score (nSPS) is 10.2. The van der Waals surface area contributed by atoms with E-state index < -0.39 is 0 Å². The summed E-state index contributed by atoms with van der Waals surface area (Å²) in [6, 6.07) is 5.65. The lowest BCUT2D eigenvalue weighted by atomic mass is 10.0. The fraction of sp³-hybridized carbons (Fsp3) is 0.400. The minimum absolute atomic E-state index is 0.427. The maximum absolute atomic E-state index is 9.50. The molecule has 1 rings (SSSR count). The first-order chi connectivity index (χ1) is 5.75. The fourth-order valence-corrected chi connectivity index (χ4v) is 1.54. The van der Waals surface area contributed by atoms with Crippen LogP contribution in [0.3, 0.4) is 0 Å². The number of hydrogen-bond donors (Lipinski definition) is 1. The zero-order chi connectivity index (χ0) is 8.97. The predicted octanol–water partition coefficient (Wildman–Crippen LogP) is 3.03. The van der Waals surface area contributed by atoms with Crippen molar-refractivity contribution in [2.75, 3.05) is 5.33 Å². The van der Waals surface area contributed by atoms with Crippen molar-refractivity contribution in [3.63, 3.8) is 0 Å². The summed E-state index contributed by atoms with van der Waals surface area (Å²) in [5.41, 5.74) is 2.26. The number of aryl methyl sites for hydroxylation is 1. The van der Waals surface area contributed by atoms with Gasteiger partial charge < -0.3 is 5.11 Å². The molecule has 0 unspecified atom stereocenters. The summed E-state index contributed by atoms with van der Waals surface area (Å²) in [5.74, 6) is 0.427. The Balaban J connectivity index is 2.81. The molecule has 0 bridgehead atoms. The lowest BCUT2D eigenvalue weighted by molar-refractivity contribution is 0.467. The SMILES string of the molecule is Cc1cccc(O)c1CCCBr. The lowest BCUT2D eigenvalue weighted by Gasteiger charge is -2.06. The lowest BCUT2D eigenvalue weighted by Crippen LogP contribution is -1.90. The van der Waals surface area contributed by atoms with Crippen LogP contribution in [0.15, 0.2) is 18.2 Å². The first kappa shape index (κ1) is 9.59. The van der Waals surface area contributed by atoms with E-state index in [1.165, 1.54) is 5.56 Å². The summed E-state index contributed by atoms with van der Waals surface area (Å²) in [4.78, 5) is 0. The highest BCUT2D eigenvalue weighted by atomic mass is 79.9. The molecule has 0 saturated heterocycles. The highest BCUT2D eigenvalue weighted by Gasteiger charge is 2.02. The molecule has 1 nitrogen and oxygen atoms in total. The highest BCUT2D eigenvalue weighted by Crippen LogP contribution is 2.21. The van der Waals surface area contributed by atoms with Crippen LogP contribution < -0.4 is 0 Å². The number of rotatable bonds is 3. The topological polar surface area (TPSA) is 20.2 Å². The maximum Gasteiger partial charge on any atom is 0.119 e. The van der Waals surface area contributed by atoms with Crippen molar-refractivity contribution in [3.05, 3.63) is 29.3 Å². The molecule has 0 aliphatic carbocycles. The molecule has 66 valence electrons. The fourth-order valence-electron chi connectivity index (χ4n) is 1.26. The average molecular weight is 229 g/mol. The van der Waals surface area contributed by atoms with Gasteiger partial charge in [-0.15, -0.1) is 0 Å². The molecule has 12 heavy (non-hydrogen) atoms. The summed E-state index contributed by atoms with van der Waals surface area (Å²) in [7, 11) is 0. The van der Waals surface area contributed by atoms with Crippen LogP contribution in [-0.4, -0.2) is 10.4 Å². The Labute approximate surface area is 81.6 Å². The largest absolute Gasteiger partial charge is 0.508 e. The van der Waals surface area contributed by atoms with Crippen molar-refractivity contribution in [1.29, 1.82) is 0 Å². The van der Waals surface area contributed by atoms with Crippen molar-refractivity contribution < 1.29 is 5.11 Å². The number of benzene rings is 1. The van der Waals surface area contributed by atoms with Gasteiger partial charge in [-0.1, -0.05) is 28.1 Å². The van der Waals surface area contributed by atoms with E-state index in [0.29, 0.717) is 5.75 Å². The monoisotopic (exact) mass is 228 g/mol. The van der Waals surface area contributed by atoms with Gasteiger partial charge in [-0.3, -0.25) is 0 Å². The molecule has 0 aliphatic heterocycles. The van der Waals surface area contributed by atoms with Gasteiger partial charge in [-0.2, -0.15) is 0 Å². The van der Waals surface area contributed by atoms with Gasteiger partial charge in [-0.05, 0) is 37.0 Å². The van der Waals surface area contributed by atoms with E-state index in [1.807, 2.05) is 19.1 Å². The molecule has 0 heterocycles. The minimum atomic E-state index is 0.427. The second kappa shape index (κ2) is 4.51. The van der Waals surface area contributed by atoms with E-state index in [1.54, 1.807) is 6.07 Å². The molecule has 1 aromatic rings. The second-order valence-electron chi connectivity index (χ2n) is 2.87. The second-order valence-corrected chi connectivity index (χ2v) is 3.66. The van der Waals surface area contributed by atoms with Crippen LogP contribution in [-0.2, 0) is 6.42 Å². The zero-order valence-electron chi connectivity index (χ0n) is 7.18. The minimum Gasteiger partial charge on any atom is -0.508 e. The molecule has 0 fully saturated rings. The van der Waals surface area contributed by atoms with Crippen molar-refractivity contribution in [2.24, 2.45) is 0 Å². The molecule has 0 saturated carbocycles. The summed E-state index contributed by atoms with van der Waals surface area (Å²) in [6.45, 7) is 2.03. The van der Waals surface area contributed by atoms with Crippen LogP contribution >= 0.6 is 15.9 Å². The van der Waals surface area contributed by atoms with Crippen LogP contribution in [0.25, 0.3) is 0 Å². The van der Waals surface area contributed by atoms with Crippen molar-refractivity contribution in [1.82, 2.24) is 0 Å². The van der Waals surface area contributed by atoms with Gasteiger partial charge in [0.25, 0.3) is 0 Å². The molecule has 0 amide bonds. The van der Waals surface area contributed by atoms with Gasteiger partial charge in [0.1, 0.15) is 5.75 Å². The average Bonchev–Trinajstić information content (AvgIpc) is 2.04. The molecule has 0 aromatic heterocycles. The molecule has 2 heteroatoms. The quantitative estimate of drug-likeness (QED) is 0.790. The van der Waals surface area contributed by atoms with E-state index in [4.69, 9.17) is 0 Å². The Morgan fingerprint density at radius 1 is 1.42 bits per heavy atom. The number of phenols is 1. The Morgan fingerprint density at radius 2 is 2.17 bits per heavy atom. The maximum atomic E-state index is 9.50. The Morgan fingerprint density at radius 3 is 2.75 bits per heavy atom. The number of alkyl halides is 1. The Kier molecular flexibility index (Phi) is 3.60. The summed E-state index contributed by atoms with van der Waals surface area (Å²) >= 11 is 3.37. The van der Waals surface area contributed by atoms with Gasteiger partial charge in [-0.25, -0.2) is 0 Å². The van der Waals surface area contributed by atoms with Gasteiger partial charge in [0.05, 0.1) is 0 Å². The first-order valence-corrected chi connectivity index (χ1v) is 5.21. The van der Waals surface area contributed by atoms with Crippen LogP contribution in [0, 0.1) is 6.92 Å². The number of hydrogen-bond acceptors (Lipinski definition) is 1. The summed E-state index contributed by atoms with van der Waals surface area (Å²) < 4.78 is 0. The van der Waals surface area contributed by atoms with E-state index in [9.17, 15) is 5.11 Å².